The van der Waals surface area contributed by atoms with Crippen LogP contribution >= 0.6 is 0 Å². The first-order valence-electron chi connectivity index (χ1n) is 7.29. The Balaban J connectivity index is 1.86. The molecule has 1 saturated heterocycles. The molecule has 5 heteroatoms. The lowest BCUT2D eigenvalue weighted by Gasteiger charge is -2.30. The molecule has 1 fully saturated rings. The van der Waals surface area contributed by atoms with Gasteiger partial charge in [0.2, 0.25) is 5.91 Å². The molecule has 5 nitrogen and oxygen atoms in total. The predicted molar refractivity (Wildman–Crippen MR) is 81.2 cm³/mol. The molecule has 0 aliphatic carbocycles. The molecule has 1 N–H and O–H groups in total. The van der Waals surface area contributed by atoms with E-state index < -0.39 is 0 Å². The van der Waals surface area contributed by atoms with Gasteiger partial charge in [0.05, 0.1) is 19.2 Å². The second-order valence-electron chi connectivity index (χ2n) is 5.60. The van der Waals surface area contributed by atoms with Gasteiger partial charge in [-0.15, -0.1) is 0 Å². The highest BCUT2D eigenvalue weighted by atomic mass is 16.5. The van der Waals surface area contributed by atoms with Crippen molar-refractivity contribution in [2.75, 3.05) is 32.1 Å². The van der Waals surface area contributed by atoms with E-state index in [0.29, 0.717) is 23.7 Å². The summed E-state index contributed by atoms with van der Waals surface area (Å²) in [6.45, 7) is 4.60. The number of ether oxygens (including phenoxy) is 1. The highest BCUT2D eigenvalue weighted by Gasteiger charge is 2.18. The summed E-state index contributed by atoms with van der Waals surface area (Å²) in [6, 6.07) is 6.71. The Bertz CT molecular complexity index is 499. The van der Waals surface area contributed by atoms with E-state index in [-0.39, 0.29) is 11.9 Å². The van der Waals surface area contributed by atoms with Gasteiger partial charge in [0.1, 0.15) is 0 Å². The van der Waals surface area contributed by atoms with Gasteiger partial charge >= 0.3 is 5.97 Å². The van der Waals surface area contributed by atoms with Gasteiger partial charge in [-0.3, -0.25) is 9.69 Å². The minimum absolute atomic E-state index is 0.0186. The number of piperidine rings is 1. The molecule has 1 aliphatic rings. The van der Waals surface area contributed by atoms with Crippen LogP contribution in [0.4, 0.5) is 5.69 Å². The first kappa shape index (κ1) is 15.5. The Kier molecular flexibility index (Phi) is 5.33. The summed E-state index contributed by atoms with van der Waals surface area (Å²) in [5.74, 6) is 0.260. The molecular weight excluding hydrogens is 268 g/mol. The lowest BCUT2D eigenvalue weighted by molar-refractivity contribution is -0.117. The highest BCUT2D eigenvalue weighted by Crippen LogP contribution is 2.15. The van der Waals surface area contributed by atoms with Crippen LogP contribution in [-0.4, -0.2) is 43.5 Å². The molecule has 1 aromatic carbocycles. The topological polar surface area (TPSA) is 58.6 Å². The van der Waals surface area contributed by atoms with Crippen LogP contribution in [0.2, 0.25) is 0 Å². The number of benzene rings is 1. The summed E-state index contributed by atoms with van der Waals surface area (Å²) < 4.78 is 4.63. The van der Waals surface area contributed by atoms with Crippen molar-refractivity contribution in [3.8, 4) is 0 Å². The van der Waals surface area contributed by atoms with E-state index >= 15 is 0 Å². The van der Waals surface area contributed by atoms with Crippen LogP contribution in [0.25, 0.3) is 0 Å². The maximum absolute atomic E-state index is 12.0. The molecule has 0 spiro atoms. The number of hydrogen-bond acceptors (Lipinski definition) is 4. The van der Waals surface area contributed by atoms with Crippen molar-refractivity contribution in [1.82, 2.24) is 4.90 Å². The van der Waals surface area contributed by atoms with Crippen LogP contribution in [-0.2, 0) is 9.53 Å². The monoisotopic (exact) mass is 290 g/mol. The quantitative estimate of drug-likeness (QED) is 0.863. The molecule has 1 heterocycles. The van der Waals surface area contributed by atoms with E-state index in [9.17, 15) is 9.59 Å². The van der Waals surface area contributed by atoms with Crippen LogP contribution in [0.5, 0.6) is 0 Å². The maximum Gasteiger partial charge on any atom is 0.337 e. The summed E-state index contributed by atoms with van der Waals surface area (Å²) in [7, 11) is 1.34. The lowest BCUT2D eigenvalue weighted by atomic mass is 10.0. The van der Waals surface area contributed by atoms with Crippen molar-refractivity contribution in [1.29, 1.82) is 0 Å². The first-order chi connectivity index (χ1) is 10.1. The minimum Gasteiger partial charge on any atom is -0.465 e. The molecule has 0 radical (unpaired) electrons. The second-order valence-corrected chi connectivity index (χ2v) is 5.60. The number of hydrogen-bond donors (Lipinski definition) is 1. The number of carbonyl (C=O) groups is 2. The average molecular weight is 290 g/mol. The van der Waals surface area contributed by atoms with Crippen LogP contribution in [0, 0.1) is 5.92 Å². The van der Waals surface area contributed by atoms with Gasteiger partial charge in [-0.05, 0) is 49.6 Å². The SMILES string of the molecule is COC(=O)c1ccc(NC(=O)CN2CCC[C@H](C)C2)cc1. The highest BCUT2D eigenvalue weighted by molar-refractivity contribution is 5.93. The van der Waals surface area contributed by atoms with Crippen molar-refractivity contribution >= 4 is 17.6 Å². The zero-order chi connectivity index (χ0) is 15.2. The molecule has 21 heavy (non-hydrogen) atoms. The van der Waals surface area contributed by atoms with E-state index in [2.05, 4.69) is 21.9 Å². The number of esters is 1. The summed E-state index contributed by atoms with van der Waals surface area (Å²) in [5, 5.41) is 2.86. The number of nitrogens with zero attached hydrogens (tertiary/aromatic N) is 1. The first-order valence-corrected chi connectivity index (χ1v) is 7.29. The average Bonchev–Trinajstić information content (AvgIpc) is 2.47. The normalized spacial score (nSPS) is 19.0. The molecule has 0 aromatic heterocycles. The molecule has 1 aliphatic heterocycles. The molecule has 2 rings (SSSR count). The number of nitrogens with one attached hydrogen (secondary N) is 1. The van der Waals surface area contributed by atoms with Crippen LogP contribution in [0.15, 0.2) is 24.3 Å². The number of anilines is 1. The third-order valence-corrected chi connectivity index (χ3v) is 3.70. The number of amides is 1. The molecule has 1 amide bonds. The molecule has 114 valence electrons. The van der Waals surface area contributed by atoms with Gasteiger partial charge in [0, 0.05) is 12.2 Å². The Morgan fingerprint density at radius 3 is 2.67 bits per heavy atom. The summed E-state index contributed by atoms with van der Waals surface area (Å²) in [5.41, 5.74) is 1.16. The predicted octanol–water partition coefficient (Wildman–Crippen LogP) is 2.14. The maximum atomic E-state index is 12.0. The third-order valence-electron chi connectivity index (χ3n) is 3.70. The zero-order valence-corrected chi connectivity index (χ0v) is 12.6. The summed E-state index contributed by atoms with van der Waals surface area (Å²) in [4.78, 5) is 25.5. The van der Waals surface area contributed by atoms with Crippen LogP contribution in [0.1, 0.15) is 30.1 Å². The van der Waals surface area contributed by atoms with Crippen LogP contribution in [0.3, 0.4) is 0 Å². The molecule has 0 unspecified atom stereocenters. The van der Waals surface area contributed by atoms with Crippen molar-refractivity contribution in [2.24, 2.45) is 5.92 Å². The smallest absolute Gasteiger partial charge is 0.337 e. The molecule has 0 saturated carbocycles. The van der Waals surface area contributed by atoms with Crippen molar-refractivity contribution in [3.05, 3.63) is 29.8 Å². The van der Waals surface area contributed by atoms with Gasteiger partial charge in [-0.25, -0.2) is 4.79 Å². The van der Waals surface area contributed by atoms with Gasteiger partial charge in [0.25, 0.3) is 0 Å². The molecule has 1 atom stereocenters. The second kappa shape index (κ2) is 7.22. The number of likely N-dealkylation sites (tertiary alicyclic amines) is 1. The Labute approximate surface area is 125 Å². The number of carbonyl (C=O) groups excluding carboxylic acids is 2. The van der Waals surface area contributed by atoms with Gasteiger partial charge in [-0.2, -0.15) is 0 Å². The van der Waals surface area contributed by atoms with E-state index in [1.165, 1.54) is 13.5 Å². The van der Waals surface area contributed by atoms with Crippen LogP contribution < -0.4 is 5.32 Å². The molecule has 0 bridgehead atoms. The standard InChI is InChI=1S/C16H22N2O3/c1-12-4-3-9-18(10-12)11-15(19)17-14-7-5-13(6-8-14)16(20)21-2/h5-8,12H,3-4,9-11H2,1-2H3,(H,17,19)/t12-/m0/s1. The molecular formula is C16H22N2O3. The summed E-state index contributed by atoms with van der Waals surface area (Å²) in [6.07, 6.45) is 2.40. The fourth-order valence-electron chi connectivity index (χ4n) is 2.64. The third kappa shape index (κ3) is 4.56. The number of rotatable bonds is 4. The zero-order valence-electron chi connectivity index (χ0n) is 12.6. The number of methoxy groups -OCH3 is 1. The fraction of sp³-hybridized carbons (Fsp3) is 0.500. The van der Waals surface area contributed by atoms with Gasteiger partial charge in [-0.1, -0.05) is 6.92 Å². The minimum atomic E-state index is -0.379. The van der Waals surface area contributed by atoms with E-state index in [1.807, 2.05) is 0 Å². The van der Waals surface area contributed by atoms with Crippen molar-refractivity contribution < 1.29 is 14.3 Å². The Morgan fingerprint density at radius 1 is 1.33 bits per heavy atom. The Hall–Kier alpha value is -1.88. The van der Waals surface area contributed by atoms with Gasteiger partial charge < -0.3 is 10.1 Å². The van der Waals surface area contributed by atoms with Crippen molar-refractivity contribution in [3.63, 3.8) is 0 Å². The van der Waals surface area contributed by atoms with E-state index in [1.54, 1.807) is 24.3 Å². The largest absolute Gasteiger partial charge is 0.465 e. The molecule has 1 aromatic rings. The summed E-state index contributed by atoms with van der Waals surface area (Å²) >= 11 is 0. The van der Waals surface area contributed by atoms with Gasteiger partial charge in [0.15, 0.2) is 0 Å². The van der Waals surface area contributed by atoms with E-state index in [0.717, 1.165) is 19.5 Å². The van der Waals surface area contributed by atoms with E-state index in [4.69, 9.17) is 0 Å². The fourth-order valence-corrected chi connectivity index (χ4v) is 2.64. The van der Waals surface area contributed by atoms with Crippen molar-refractivity contribution in [2.45, 2.75) is 19.8 Å². The Morgan fingerprint density at radius 2 is 2.05 bits per heavy atom. The lowest BCUT2D eigenvalue weighted by Crippen LogP contribution is -2.39.